The van der Waals surface area contributed by atoms with Crippen molar-refractivity contribution in [1.29, 1.82) is 0 Å². The minimum Gasteiger partial charge on any atom is -0.346 e. The van der Waals surface area contributed by atoms with Gasteiger partial charge >= 0.3 is 0 Å². The molecule has 17 heavy (non-hydrogen) atoms. The summed E-state index contributed by atoms with van der Waals surface area (Å²) in [6, 6.07) is 2.97. The second-order valence-electron chi connectivity index (χ2n) is 4.66. The molecular formula is C12H17BrN2O2. The third kappa shape index (κ3) is 3.43. The SMILES string of the molecule is CC(Br)C(C)(C)NC(=O)c1ccn(C)c(=O)c1. The highest BCUT2D eigenvalue weighted by atomic mass is 79.9. The van der Waals surface area contributed by atoms with E-state index in [2.05, 4.69) is 21.2 Å². The standard InChI is InChI=1S/C12H17BrN2O2/c1-8(13)12(2,3)14-11(17)9-5-6-15(4)10(16)7-9/h5-8H,1-4H3,(H,14,17). The molecule has 0 aliphatic rings. The molecule has 1 unspecified atom stereocenters. The van der Waals surface area contributed by atoms with Gasteiger partial charge in [0.2, 0.25) is 0 Å². The Morgan fingerprint density at radius 3 is 2.59 bits per heavy atom. The van der Waals surface area contributed by atoms with Crippen molar-refractivity contribution in [3.8, 4) is 0 Å². The van der Waals surface area contributed by atoms with Gasteiger partial charge in [0.15, 0.2) is 0 Å². The van der Waals surface area contributed by atoms with E-state index in [-0.39, 0.29) is 21.8 Å². The molecule has 0 radical (unpaired) electrons. The van der Waals surface area contributed by atoms with Gasteiger partial charge in [-0.3, -0.25) is 9.59 Å². The van der Waals surface area contributed by atoms with Gasteiger partial charge in [0.25, 0.3) is 11.5 Å². The average molecular weight is 301 g/mol. The summed E-state index contributed by atoms with van der Waals surface area (Å²) < 4.78 is 1.43. The number of rotatable bonds is 3. The summed E-state index contributed by atoms with van der Waals surface area (Å²) in [5.41, 5.74) is -0.185. The van der Waals surface area contributed by atoms with Crippen molar-refractivity contribution in [2.45, 2.75) is 31.1 Å². The van der Waals surface area contributed by atoms with Crippen LogP contribution in [0.5, 0.6) is 0 Å². The second-order valence-corrected chi connectivity index (χ2v) is 6.03. The van der Waals surface area contributed by atoms with Crippen molar-refractivity contribution >= 4 is 21.8 Å². The van der Waals surface area contributed by atoms with Gasteiger partial charge in [0, 0.05) is 35.2 Å². The van der Waals surface area contributed by atoms with Crippen LogP contribution >= 0.6 is 15.9 Å². The smallest absolute Gasteiger partial charge is 0.251 e. The zero-order valence-corrected chi connectivity index (χ0v) is 12.0. The van der Waals surface area contributed by atoms with Crippen LogP contribution in [0.4, 0.5) is 0 Å². The first-order valence-corrected chi connectivity index (χ1v) is 6.29. The van der Waals surface area contributed by atoms with Crippen LogP contribution in [-0.4, -0.2) is 20.8 Å². The lowest BCUT2D eigenvalue weighted by atomic mass is 10.0. The number of hydrogen-bond acceptors (Lipinski definition) is 2. The molecule has 1 rings (SSSR count). The zero-order chi connectivity index (χ0) is 13.2. The largest absolute Gasteiger partial charge is 0.346 e. The number of pyridine rings is 1. The van der Waals surface area contributed by atoms with Crippen LogP contribution in [0, 0.1) is 0 Å². The number of carbonyl (C=O) groups excluding carboxylic acids is 1. The zero-order valence-electron chi connectivity index (χ0n) is 10.5. The minimum atomic E-state index is -0.377. The number of nitrogens with zero attached hydrogens (tertiary/aromatic N) is 1. The average Bonchev–Trinajstić information content (AvgIpc) is 2.21. The molecule has 5 heteroatoms. The highest BCUT2D eigenvalue weighted by Crippen LogP contribution is 2.17. The van der Waals surface area contributed by atoms with Gasteiger partial charge in [0.1, 0.15) is 0 Å². The van der Waals surface area contributed by atoms with Crippen molar-refractivity contribution < 1.29 is 4.79 Å². The molecule has 0 fully saturated rings. The van der Waals surface area contributed by atoms with Gasteiger partial charge < -0.3 is 9.88 Å². The molecule has 0 aliphatic heterocycles. The number of alkyl halides is 1. The molecule has 1 amide bonds. The van der Waals surface area contributed by atoms with Crippen molar-refractivity contribution in [2.75, 3.05) is 0 Å². The maximum absolute atomic E-state index is 11.9. The predicted molar refractivity (Wildman–Crippen MR) is 71.6 cm³/mol. The molecule has 0 aromatic carbocycles. The number of amides is 1. The van der Waals surface area contributed by atoms with Gasteiger partial charge in [-0.15, -0.1) is 0 Å². The van der Waals surface area contributed by atoms with Crippen molar-refractivity contribution in [1.82, 2.24) is 9.88 Å². The monoisotopic (exact) mass is 300 g/mol. The van der Waals surface area contributed by atoms with Crippen molar-refractivity contribution in [3.05, 3.63) is 34.2 Å². The molecule has 0 saturated heterocycles. The number of aromatic nitrogens is 1. The summed E-state index contributed by atoms with van der Waals surface area (Å²) in [5.74, 6) is -0.237. The molecule has 0 aliphatic carbocycles. The molecule has 1 heterocycles. The van der Waals surface area contributed by atoms with Crippen LogP contribution in [0.25, 0.3) is 0 Å². The summed E-state index contributed by atoms with van der Waals surface area (Å²) in [6.45, 7) is 5.81. The van der Waals surface area contributed by atoms with E-state index in [9.17, 15) is 9.59 Å². The summed E-state index contributed by atoms with van der Waals surface area (Å²) in [5, 5.41) is 2.88. The lowest BCUT2D eigenvalue weighted by Crippen LogP contribution is -2.49. The van der Waals surface area contributed by atoms with E-state index in [1.165, 1.54) is 10.6 Å². The topological polar surface area (TPSA) is 51.1 Å². The molecule has 94 valence electrons. The Morgan fingerprint density at radius 2 is 2.12 bits per heavy atom. The molecule has 1 atom stereocenters. The van der Waals surface area contributed by atoms with Gasteiger partial charge in [-0.1, -0.05) is 22.9 Å². The van der Waals surface area contributed by atoms with Crippen LogP contribution in [-0.2, 0) is 7.05 Å². The quantitative estimate of drug-likeness (QED) is 0.864. The fraction of sp³-hybridized carbons (Fsp3) is 0.500. The summed E-state index contributed by atoms with van der Waals surface area (Å²) in [4.78, 5) is 23.5. The predicted octanol–water partition coefficient (Wildman–Crippen LogP) is 1.68. The van der Waals surface area contributed by atoms with E-state index in [1.54, 1.807) is 19.3 Å². The molecule has 0 saturated carbocycles. The number of nitrogens with one attached hydrogen (secondary N) is 1. The van der Waals surface area contributed by atoms with E-state index in [4.69, 9.17) is 0 Å². The number of carbonyl (C=O) groups is 1. The summed E-state index contributed by atoms with van der Waals surface area (Å²) in [7, 11) is 1.65. The van der Waals surface area contributed by atoms with Crippen LogP contribution in [0.1, 0.15) is 31.1 Å². The van der Waals surface area contributed by atoms with E-state index >= 15 is 0 Å². The lowest BCUT2D eigenvalue weighted by molar-refractivity contribution is 0.0913. The molecule has 1 N–H and O–H groups in total. The van der Waals surface area contributed by atoms with Crippen LogP contribution in [0.3, 0.4) is 0 Å². The molecule has 1 aromatic heterocycles. The molecule has 0 spiro atoms. The lowest BCUT2D eigenvalue weighted by Gasteiger charge is -2.29. The van der Waals surface area contributed by atoms with Gasteiger partial charge in [-0.25, -0.2) is 0 Å². The number of aryl methyl sites for hydroxylation is 1. The fourth-order valence-electron chi connectivity index (χ4n) is 1.15. The highest BCUT2D eigenvalue weighted by molar-refractivity contribution is 9.09. The summed E-state index contributed by atoms with van der Waals surface area (Å²) in [6.07, 6.45) is 1.59. The first-order chi connectivity index (χ1) is 7.74. The van der Waals surface area contributed by atoms with E-state index in [1.807, 2.05) is 20.8 Å². The second kappa shape index (κ2) is 5.04. The van der Waals surface area contributed by atoms with E-state index in [0.717, 1.165) is 0 Å². The maximum atomic E-state index is 11.9. The van der Waals surface area contributed by atoms with Crippen LogP contribution in [0.2, 0.25) is 0 Å². The minimum absolute atomic E-state index is 0.130. The van der Waals surface area contributed by atoms with Crippen LogP contribution in [0.15, 0.2) is 23.1 Å². The molecule has 4 nitrogen and oxygen atoms in total. The summed E-state index contributed by atoms with van der Waals surface area (Å²) >= 11 is 3.44. The van der Waals surface area contributed by atoms with Crippen molar-refractivity contribution in [2.24, 2.45) is 7.05 Å². The highest BCUT2D eigenvalue weighted by Gasteiger charge is 2.26. The molecular weight excluding hydrogens is 284 g/mol. The molecule has 1 aromatic rings. The Balaban J connectivity index is 2.91. The van der Waals surface area contributed by atoms with Crippen LogP contribution < -0.4 is 10.9 Å². The third-order valence-corrected chi connectivity index (χ3v) is 3.94. The first-order valence-electron chi connectivity index (χ1n) is 5.37. The van der Waals surface area contributed by atoms with Crippen molar-refractivity contribution in [3.63, 3.8) is 0 Å². The first kappa shape index (κ1) is 14.0. The van der Waals surface area contributed by atoms with E-state index < -0.39 is 0 Å². The van der Waals surface area contributed by atoms with Gasteiger partial charge in [-0.2, -0.15) is 0 Å². The number of hydrogen-bond donors (Lipinski definition) is 1. The fourth-order valence-corrected chi connectivity index (χ4v) is 1.27. The normalized spacial score (nSPS) is 13.2. The molecule has 0 bridgehead atoms. The van der Waals surface area contributed by atoms with E-state index in [0.29, 0.717) is 5.56 Å². The number of halogens is 1. The Labute approximate surface area is 109 Å². The maximum Gasteiger partial charge on any atom is 0.251 e. The van der Waals surface area contributed by atoms with Gasteiger partial charge in [-0.05, 0) is 19.9 Å². The van der Waals surface area contributed by atoms with Gasteiger partial charge in [0.05, 0.1) is 0 Å². The Hall–Kier alpha value is -1.10. The Morgan fingerprint density at radius 1 is 1.53 bits per heavy atom. The Bertz CT molecular complexity index is 478. The third-order valence-electron chi connectivity index (χ3n) is 2.80. The Kier molecular flexibility index (Phi) is 4.14.